The Morgan fingerprint density at radius 3 is 2.73 bits per heavy atom. The first-order valence-electron chi connectivity index (χ1n) is 5.16. The van der Waals surface area contributed by atoms with E-state index < -0.39 is 0 Å². The molecular weight excluding hydrogens is 186 g/mol. The van der Waals surface area contributed by atoms with Gasteiger partial charge in [0, 0.05) is 11.6 Å². The number of aldehydes is 1. The highest BCUT2D eigenvalue weighted by atomic mass is 16.1. The van der Waals surface area contributed by atoms with Crippen LogP contribution in [-0.2, 0) is 10.2 Å². The Hall–Kier alpha value is -1.70. The minimum atomic E-state index is -0.206. The number of carbonyl (C=O) groups excluding carboxylic acids is 1. The second kappa shape index (κ2) is 2.89. The zero-order chi connectivity index (χ0) is 10.3. The minimum Gasteiger partial charge on any atom is -0.302 e. The number of carbonyl (C=O) groups is 1. The van der Waals surface area contributed by atoms with Crippen LogP contribution < -0.4 is 0 Å². The van der Waals surface area contributed by atoms with E-state index in [9.17, 15) is 4.79 Å². The van der Waals surface area contributed by atoms with Gasteiger partial charge in [-0.1, -0.05) is 18.2 Å². The van der Waals surface area contributed by atoms with Crippen molar-refractivity contribution in [1.82, 2.24) is 4.98 Å². The molecule has 0 atom stereocenters. The first-order valence-corrected chi connectivity index (χ1v) is 5.16. The number of nitrogens with zero attached hydrogens (tertiary/aromatic N) is 1. The molecule has 74 valence electrons. The summed E-state index contributed by atoms with van der Waals surface area (Å²) >= 11 is 0. The largest absolute Gasteiger partial charge is 0.302 e. The topological polar surface area (TPSA) is 30.0 Å². The summed E-state index contributed by atoms with van der Waals surface area (Å²) in [5.41, 5.74) is 1.91. The molecule has 0 saturated heterocycles. The van der Waals surface area contributed by atoms with Crippen molar-refractivity contribution >= 4 is 17.2 Å². The molecule has 0 unspecified atom stereocenters. The number of fused-ring (bicyclic) bond motifs is 1. The molecule has 15 heavy (non-hydrogen) atoms. The molecule has 2 heteroatoms. The average Bonchev–Trinajstić information content (AvgIpc) is 3.09. The van der Waals surface area contributed by atoms with Gasteiger partial charge in [-0.2, -0.15) is 0 Å². The lowest BCUT2D eigenvalue weighted by Gasteiger charge is -2.10. The lowest BCUT2D eigenvalue weighted by molar-refractivity contribution is -0.109. The van der Waals surface area contributed by atoms with Crippen LogP contribution in [0, 0.1) is 0 Å². The number of hydrogen-bond acceptors (Lipinski definition) is 2. The number of para-hydroxylation sites is 1. The second-order valence-electron chi connectivity index (χ2n) is 4.15. The molecule has 0 amide bonds. The van der Waals surface area contributed by atoms with Crippen molar-refractivity contribution in [2.75, 3.05) is 0 Å². The molecule has 1 aromatic heterocycles. The summed E-state index contributed by atoms with van der Waals surface area (Å²) in [7, 11) is 0. The minimum absolute atomic E-state index is 0.206. The van der Waals surface area contributed by atoms with Crippen molar-refractivity contribution < 1.29 is 4.79 Å². The summed E-state index contributed by atoms with van der Waals surface area (Å²) in [5, 5.41) is 1.12. The van der Waals surface area contributed by atoms with Gasteiger partial charge >= 0.3 is 0 Å². The van der Waals surface area contributed by atoms with Crippen molar-refractivity contribution in [1.29, 1.82) is 0 Å². The van der Waals surface area contributed by atoms with Crippen LogP contribution >= 0.6 is 0 Å². The molecule has 2 nitrogen and oxygen atoms in total. The van der Waals surface area contributed by atoms with Crippen LogP contribution in [0.5, 0.6) is 0 Å². The summed E-state index contributed by atoms with van der Waals surface area (Å²) in [6, 6.07) is 9.97. The van der Waals surface area contributed by atoms with Crippen LogP contribution in [-0.4, -0.2) is 11.3 Å². The van der Waals surface area contributed by atoms with Gasteiger partial charge in [0.2, 0.25) is 0 Å². The first-order chi connectivity index (χ1) is 7.36. The summed E-state index contributed by atoms with van der Waals surface area (Å²) in [6.45, 7) is 0. The standard InChI is InChI=1S/C13H11NO/c15-9-13(6-7-13)11-5-8-14-12-4-2-1-3-10(11)12/h1-5,8-9H,6-7H2. The van der Waals surface area contributed by atoms with Gasteiger partial charge in [0.05, 0.1) is 10.9 Å². The Balaban J connectivity index is 2.31. The van der Waals surface area contributed by atoms with Gasteiger partial charge in [-0.15, -0.1) is 0 Å². The van der Waals surface area contributed by atoms with E-state index in [4.69, 9.17) is 0 Å². The predicted molar refractivity (Wildman–Crippen MR) is 58.7 cm³/mol. The van der Waals surface area contributed by atoms with Gasteiger partial charge < -0.3 is 4.79 Å². The van der Waals surface area contributed by atoms with Crippen molar-refractivity contribution in [2.45, 2.75) is 18.3 Å². The third-order valence-electron chi connectivity index (χ3n) is 3.20. The SMILES string of the molecule is O=CC1(c2ccnc3ccccc23)CC1. The fraction of sp³-hybridized carbons (Fsp3) is 0.231. The molecule has 0 N–H and O–H groups in total. The number of rotatable bonds is 2. The third kappa shape index (κ3) is 1.18. The smallest absolute Gasteiger partial charge is 0.130 e. The van der Waals surface area contributed by atoms with Crippen LogP contribution in [0.25, 0.3) is 10.9 Å². The van der Waals surface area contributed by atoms with Crippen molar-refractivity contribution in [3.63, 3.8) is 0 Å². The van der Waals surface area contributed by atoms with E-state index in [-0.39, 0.29) is 5.41 Å². The number of pyridine rings is 1. The van der Waals surface area contributed by atoms with Crippen LogP contribution in [0.1, 0.15) is 18.4 Å². The van der Waals surface area contributed by atoms with Gasteiger partial charge in [-0.3, -0.25) is 4.98 Å². The highest BCUT2D eigenvalue weighted by molar-refractivity contribution is 5.88. The molecule has 0 radical (unpaired) electrons. The average molecular weight is 197 g/mol. The van der Waals surface area contributed by atoms with Gasteiger partial charge in [0.15, 0.2) is 0 Å². The van der Waals surface area contributed by atoms with E-state index in [1.165, 1.54) is 0 Å². The van der Waals surface area contributed by atoms with Gasteiger partial charge in [-0.25, -0.2) is 0 Å². The lowest BCUT2D eigenvalue weighted by Crippen LogP contribution is -2.08. The molecule has 2 aromatic rings. The maximum atomic E-state index is 11.1. The zero-order valence-corrected chi connectivity index (χ0v) is 8.31. The molecule has 1 aromatic carbocycles. The molecule has 1 aliphatic rings. The van der Waals surface area contributed by atoms with Crippen LogP contribution in [0.3, 0.4) is 0 Å². The van der Waals surface area contributed by atoms with E-state index >= 15 is 0 Å². The van der Waals surface area contributed by atoms with Gasteiger partial charge in [0.1, 0.15) is 6.29 Å². The van der Waals surface area contributed by atoms with E-state index in [0.29, 0.717) is 0 Å². The van der Waals surface area contributed by atoms with Crippen LogP contribution in [0.15, 0.2) is 36.5 Å². The normalized spacial score (nSPS) is 17.6. The third-order valence-corrected chi connectivity index (χ3v) is 3.20. The van der Waals surface area contributed by atoms with Crippen LogP contribution in [0.2, 0.25) is 0 Å². The Labute approximate surface area is 87.9 Å². The number of aromatic nitrogens is 1. The van der Waals surface area contributed by atoms with E-state index in [1.54, 1.807) is 6.20 Å². The molecular formula is C13H11NO. The molecule has 1 saturated carbocycles. The lowest BCUT2D eigenvalue weighted by atomic mass is 9.94. The number of benzene rings is 1. The zero-order valence-electron chi connectivity index (χ0n) is 8.31. The van der Waals surface area contributed by atoms with E-state index in [0.717, 1.165) is 35.6 Å². The summed E-state index contributed by atoms with van der Waals surface area (Å²) in [6.07, 6.45) is 4.84. The van der Waals surface area contributed by atoms with Crippen LogP contribution in [0.4, 0.5) is 0 Å². The van der Waals surface area contributed by atoms with Gasteiger partial charge in [0.25, 0.3) is 0 Å². The fourth-order valence-corrected chi connectivity index (χ4v) is 2.12. The Bertz CT molecular complexity index is 524. The molecule has 1 aliphatic carbocycles. The molecule has 1 heterocycles. The predicted octanol–water partition coefficient (Wildman–Crippen LogP) is 2.47. The maximum absolute atomic E-state index is 11.1. The summed E-state index contributed by atoms with van der Waals surface area (Å²) in [5.74, 6) is 0. The second-order valence-corrected chi connectivity index (χ2v) is 4.15. The molecule has 3 rings (SSSR count). The molecule has 0 spiro atoms. The summed E-state index contributed by atoms with van der Waals surface area (Å²) in [4.78, 5) is 15.4. The summed E-state index contributed by atoms with van der Waals surface area (Å²) < 4.78 is 0. The monoisotopic (exact) mass is 197 g/mol. The highest BCUT2D eigenvalue weighted by Gasteiger charge is 2.45. The van der Waals surface area contributed by atoms with Gasteiger partial charge in [-0.05, 0) is 30.5 Å². The van der Waals surface area contributed by atoms with E-state index in [2.05, 4.69) is 4.98 Å². The van der Waals surface area contributed by atoms with Crippen molar-refractivity contribution in [3.8, 4) is 0 Å². The molecule has 0 bridgehead atoms. The first kappa shape index (κ1) is 8.60. The number of hydrogen-bond donors (Lipinski definition) is 0. The van der Waals surface area contributed by atoms with Crippen molar-refractivity contribution in [3.05, 3.63) is 42.1 Å². The molecule has 0 aliphatic heterocycles. The fourth-order valence-electron chi connectivity index (χ4n) is 2.12. The maximum Gasteiger partial charge on any atom is 0.130 e. The molecule has 1 fully saturated rings. The Morgan fingerprint density at radius 1 is 1.20 bits per heavy atom. The quantitative estimate of drug-likeness (QED) is 0.692. The Kier molecular flexibility index (Phi) is 1.66. The van der Waals surface area contributed by atoms with Crippen molar-refractivity contribution in [2.24, 2.45) is 0 Å². The highest BCUT2D eigenvalue weighted by Crippen LogP contribution is 2.48. The Morgan fingerprint density at radius 2 is 2.00 bits per heavy atom. The van der Waals surface area contributed by atoms with E-state index in [1.807, 2.05) is 30.3 Å².